The summed E-state index contributed by atoms with van der Waals surface area (Å²) in [6.45, 7) is 8.76. The molecule has 23 heavy (non-hydrogen) atoms. The van der Waals surface area contributed by atoms with Crippen LogP contribution >= 0.6 is 11.3 Å². The summed E-state index contributed by atoms with van der Waals surface area (Å²) < 4.78 is 5.66. The van der Waals surface area contributed by atoms with Gasteiger partial charge >= 0.3 is 0 Å². The zero-order valence-corrected chi connectivity index (χ0v) is 15.8. The largest absolute Gasteiger partial charge is 0.383 e. The van der Waals surface area contributed by atoms with Gasteiger partial charge in [0.2, 0.25) is 0 Å². The summed E-state index contributed by atoms with van der Waals surface area (Å²) >= 11 is 1.55. The molecule has 3 unspecified atom stereocenters. The highest BCUT2D eigenvalue weighted by Gasteiger charge is 2.58. The Labute approximate surface area is 143 Å². The molecule has 0 saturated heterocycles. The summed E-state index contributed by atoms with van der Waals surface area (Å²) in [5.74, 6) is 0.707. The molecule has 1 aromatic rings. The molecule has 130 valence electrons. The van der Waals surface area contributed by atoms with Crippen molar-refractivity contribution >= 4 is 17.3 Å². The average molecular weight is 340 g/mol. The van der Waals surface area contributed by atoms with Gasteiger partial charge in [-0.3, -0.25) is 4.99 Å². The normalized spacial score (nSPS) is 29.5. The fourth-order valence-electron chi connectivity index (χ4n) is 3.01. The molecule has 0 aromatic carbocycles. The van der Waals surface area contributed by atoms with E-state index in [4.69, 9.17) is 4.74 Å². The second kappa shape index (κ2) is 6.42. The maximum atomic E-state index is 10.6. The molecule has 6 heteroatoms. The number of ether oxygens (including phenoxy) is 1. The average Bonchev–Trinajstić information content (AvgIpc) is 3.05. The molecular formula is C17H29N3O2S. The molecule has 3 N–H and O–H groups in total. The summed E-state index contributed by atoms with van der Waals surface area (Å²) in [6.07, 6.45) is 0.929. The van der Waals surface area contributed by atoms with Crippen LogP contribution in [0, 0.1) is 5.41 Å². The maximum absolute atomic E-state index is 10.6. The van der Waals surface area contributed by atoms with Crippen LogP contribution in [0.5, 0.6) is 0 Å². The fourth-order valence-corrected chi connectivity index (χ4v) is 3.80. The molecule has 0 radical (unpaired) electrons. The summed E-state index contributed by atoms with van der Waals surface area (Å²) in [5.41, 5.74) is -1.02. The highest BCUT2D eigenvalue weighted by molar-refractivity contribution is 7.10. The summed E-state index contributed by atoms with van der Waals surface area (Å²) in [7, 11) is 3.51. The minimum atomic E-state index is -0.915. The molecule has 0 spiro atoms. The predicted octanol–water partition coefficient (Wildman–Crippen LogP) is 2.32. The number of rotatable bonds is 5. The maximum Gasteiger partial charge on any atom is 0.191 e. The number of nitrogens with zero attached hydrogens (tertiary/aromatic N) is 1. The molecule has 1 aliphatic rings. The third-order valence-corrected chi connectivity index (χ3v) is 6.59. The van der Waals surface area contributed by atoms with E-state index < -0.39 is 5.60 Å². The van der Waals surface area contributed by atoms with Crippen LogP contribution in [-0.2, 0) is 10.3 Å². The van der Waals surface area contributed by atoms with E-state index in [1.165, 1.54) is 0 Å². The van der Waals surface area contributed by atoms with Crippen molar-refractivity contribution < 1.29 is 9.84 Å². The van der Waals surface area contributed by atoms with Gasteiger partial charge in [-0.1, -0.05) is 19.9 Å². The molecule has 1 heterocycles. The number of methoxy groups -OCH3 is 1. The van der Waals surface area contributed by atoms with Gasteiger partial charge in [-0.25, -0.2) is 0 Å². The van der Waals surface area contributed by atoms with Crippen molar-refractivity contribution in [3.63, 3.8) is 0 Å². The first kappa shape index (κ1) is 18.2. The van der Waals surface area contributed by atoms with Gasteiger partial charge in [-0.15, -0.1) is 11.3 Å². The Kier molecular flexibility index (Phi) is 5.09. The Hall–Kier alpha value is -1.11. The first-order valence-corrected chi connectivity index (χ1v) is 8.83. The molecule has 1 fully saturated rings. The molecule has 3 atom stereocenters. The smallest absolute Gasteiger partial charge is 0.191 e. The van der Waals surface area contributed by atoms with E-state index in [0.717, 1.165) is 11.3 Å². The van der Waals surface area contributed by atoms with Crippen molar-refractivity contribution in [3.05, 3.63) is 22.4 Å². The number of nitrogens with one attached hydrogen (secondary N) is 2. The van der Waals surface area contributed by atoms with Gasteiger partial charge in [0.25, 0.3) is 0 Å². The van der Waals surface area contributed by atoms with E-state index in [9.17, 15) is 5.11 Å². The minimum Gasteiger partial charge on any atom is -0.383 e. The second-order valence-corrected chi connectivity index (χ2v) is 8.18. The third-order valence-electron chi connectivity index (χ3n) is 5.46. The topological polar surface area (TPSA) is 65.9 Å². The Morgan fingerprint density at radius 1 is 1.52 bits per heavy atom. The van der Waals surface area contributed by atoms with Crippen molar-refractivity contribution in [2.75, 3.05) is 20.7 Å². The van der Waals surface area contributed by atoms with Crippen molar-refractivity contribution in [2.45, 2.75) is 51.4 Å². The lowest BCUT2D eigenvalue weighted by atomic mass is 9.56. The number of guanidine groups is 1. The lowest BCUT2D eigenvalue weighted by molar-refractivity contribution is -0.176. The van der Waals surface area contributed by atoms with Crippen molar-refractivity contribution in [1.29, 1.82) is 0 Å². The van der Waals surface area contributed by atoms with E-state index in [1.807, 2.05) is 24.4 Å². The van der Waals surface area contributed by atoms with Gasteiger partial charge in [-0.2, -0.15) is 0 Å². The first-order chi connectivity index (χ1) is 10.7. The van der Waals surface area contributed by atoms with E-state index in [-0.39, 0.29) is 17.1 Å². The summed E-state index contributed by atoms with van der Waals surface area (Å²) in [6, 6.07) is 4.18. The Bertz CT molecular complexity index is 554. The van der Waals surface area contributed by atoms with E-state index >= 15 is 0 Å². The summed E-state index contributed by atoms with van der Waals surface area (Å²) in [4.78, 5) is 5.22. The molecule has 0 amide bonds. The monoisotopic (exact) mass is 339 g/mol. The Morgan fingerprint density at radius 3 is 2.70 bits per heavy atom. The number of hydrogen-bond donors (Lipinski definition) is 3. The molecular weight excluding hydrogens is 310 g/mol. The van der Waals surface area contributed by atoms with Crippen LogP contribution in [0.2, 0.25) is 0 Å². The fraction of sp³-hybridized carbons (Fsp3) is 0.706. The molecule has 1 aliphatic carbocycles. The van der Waals surface area contributed by atoms with Gasteiger partial charge < -0.3 is 20.5 Å². The van der Waals surface area contributed by atoms with Gasteiger partial charge in [0.15, 0.2) is 5.96 Å². The third kappa shape index (κ3) is 3.39. The van der Waals surface area contributed by atoms with Gasteiger partial charge in [-0.05, 0) is 31.7 Å². The number of thiophene rings is 1. The lowest BCUT2D eigenvalue weighted by Crippen LogP contribution is -2.69. The quantitative estimate of drug-likeness (QED) is 0.569. The van der Waals surface area contributed by atoms with E-state index in [0.29, 0.717) is 12.5 Å². The Morgan fingerprint density at radius 2 is 2.22 bits per heavy atom. The number of hydrogen-bond acceptors (Lipinski definition) is 4. The SMILES string of the molecule is CN=C(NCC(C)(O)c1cccs1)NC1CC(C)(OC)C1(C)C. The lowest BCUT2D eigenvalue weighted by Gasteiger charge is -2.59. The van der Waals surface area contributed by atoms with Crippen LogP contribution in [0.4, 0.5) is 0 Å². The van der Waals surface area contributed by atoms with Crippen molar-refractivity contribution in [1.82, 2.24) is 10.6 Å². The van der Waals surface area contributed by atoms with Crippen LogP contribution in [0.15, 0.2) is 22.5 Å². The summed E-state index contributed by atoms with van der Waals surface area (Å²) in [5, 5.41) is 19.3. The van der Waals surface area contributed by atoms with Gasteiger partial charge in [0, 0.05) is 30.5 Å². The zero-order valence-electron chi connectivity index (χ0n) is 14.9. The standard InChI is InChI=1S/C17H29N3O2S/c1-15(2)12(10-17(15,4)22-6)20-14(18-5)19-11-16(3,21)13-8-7-9-23-13/h7-9,12,21H,10-11H2,1-6H3,(H2,18,19,20). The molecule has 0 aliphatic heterocycles. The zero-order chi connectivity index (χ0) is 17.3. The molecule has 2 rings (SSSR count). The molecule has 1 saturated carbocycles. The predicted molar refractivity (Wildman–Crippen MR) is 96.0 cm³/mol. The highest BCUT2D eigenvalue weighted by atomic mass is 32.1. The second-order valence-electron chi connectivity index (χ2n) is 7.23. The van der Waals surface area contributed by atoms with Crippen molar-refractivity contribution in [3.8, 4) is 0 Å². The Balaban J connectivity index is 1.93. The van der Waals surface area contributed by atoms with Crippen LogP contribution in [0.1, 0.15) is 39.0 Å². The molecule has 0 bridgehead atoms. The van der Waals surface area contributed by atoms with Crippen LogP contribution in [0.25, 0.3) is 0 Å². The van der Waals surface area contributed by atoms with Crippen LogP contribution in [-0.4, -0.2) is 43.4 Å². The van der Waals surface area contributed by atoms with Crippen molar-refractivity contribution in [2.24, 2.45) is 10.4 Å². The number of aliphatic hydroxyl groups is 1. The highest BCUT2D eigenvalue weighted by Crippen LogP contribution is 2.51. The number of aliphatic imine (C=N–C) groups is 1. The van der Waals surface area contributed by atoms with E-state index in [2.05, 4.69) is 36.4 Å². The molecule has 5 nitrogen and oxygen atoms in total. The van der Waals surface area contributed by atoms with Gasteiger partial charge in [0.05, 0.1) is 12.1 Å². The minimum absolute atomic E-state index is 0.00956. The molecule has 1 aromatic heterocycles. The van der Waals surface area contributed by atoms with E-state index in [1.54, 1.807) is 25.5 Å². The van der Waals surface area contributed by atoms with Gasteiger partial charge in [0.1, 0.15) is 5.60 Å². The first-order valence-electron chi connectivity index (χ1n) is 7.95. The van der Waals surface area contributed by atoms with Crippen LogP contribution < -0.4 is 10.6 Å². The van der Waals surface area contributed by atoms with Crippen LogP contribution in [0.3, 0.4) is 0 Å².